The highest BCUT2D eigenvalue weighted by Crippen LogP contribution is 2.32. The monoisotopic (exact) mass is 680 g/mol. The van der Waals surface area contributed by atoms with E-state index in [4.69, 9.17) is 15.2 Å². The van der Waals surface area contributed by atoms with E-state index in [1.54, 1.807) is 37.3 Å². The maximum absolute atomic E-state index is 14.3. The quantitative estimate of drug-likeness (QED) is 0.117. The first-order chi connectivity index (χ1) is 22.8. The van der Waals surface area contributed by atoms with Crippen LogP contribution in [0.5, 0.6) is 5.75 Å². The number of rotatable bonds is 12. The lowest BCUT2D eigenvalue weighted by Crippen LogP contribution is -2.31. The summed E-state index contributed by atoms with van der Waals surface area (Å²) in [5, 5.41) is 2.93. The largest absolute Gasteiger partial charge is 0.453 e. The van der Waals surface area contributed by atoms with Gasteiger partial charge in [-0.05, 0) is 80.8 Å². The zero-order valence-corrected chi connectivity index (χ0v) is 27.6. The average molecular weight is 681 g/mol. The van der Waals surface area contributed by atoms with Crippen LogP contribution in [0, 0.1) is 19.7 Å². The van der Waals surface area contributed by atoms with Gasteiger partial charge in [0.2, 0.25) is 5.91 Å². The molecule has 0 spiro atoms. The van der Waals surface area contributed by atoms with Crippen LogP contribution >= 0.6 is 11.8 Å². The highest BCUT2D eigenvalue weighted by molar-refractivity contribution is 8.15. The molecule has 1 aliphatic rings. The van der Waals surface area contributed by atoms with Crippen LogP contribution in [-0.2, 0) is 16.1 Å². The number of carbonyl (C=O) groups is 2. The number of amidine groups is 2. The van der Waals surface area contributed by atoms with Gasteiger partial charge in [0.05, 0.1) is 30.3 Å². The predicted molar refractivity (Wildman–Crippen MR) is 185 cm³/mol. The summed E-state index contributed by atoms with van der Waals surface area (Å²) in [5.41, 5.74) is 10.1. The molecule has 10 nitrogen and oxygen atoms in total. The molecule has 2 atom stereocenters. The second-order valence-electron chi connectivity index (χ2n) is 11.0. The minimum atomic E-state index is -1.83. The Kier molecular flexibility index (Phi) is 12.1. The van der Waals surface area contributed by atoms with Crippen LogP contribution in [0.4, 0.5) is 35.0 Å². The van der Waals surface area contributed by atoms with E-state index in [1.807, 2.05) is 13.0 Å². The fourth-order valence-electron chi connectivity index (χ4n) is 4.32. The van der Waals surface area contributed by atoms with E-state index in [2.05, 4.69) is 26.9 Å². The summed E-state index contributed by atoms with van der Waals surface area (Å²) in [4.78, 5) is 39.6. The van der Waals surface area contributed by atoms with Gasteiger partial charge >= 0.3 is 6.03 Å². The van der Waals surface area contributed by atoms with Crippen LogP contribution in [0.15, 0.2) is 81.7 Å². The number of benzene rings is 3. The molecule has 1 fully saturated rings. The van der Waals surface area contributed by atoms with Crippen molar-refractivity contribution in [2.45, 2.75) is 46.8 Å². The van der Waals surface area contributed by atoms with E-state index in [0.29, 0.717) is 28.1 Å². The smallest absolute Gasteiger partial charge is 0.347 e. The predicted octanol–water partition coefficient (Wildman–Crippen LogP) is 7.30. The molecule has 1 aliphatic heterocycles. The lowest BCUT2D eigenvalue weighted by atomic mass is 10.1. The van der Waals surface area contributed by atoms with Crippen molar-refractivity contribution in [3.63, 3.8) is 0 Å². The highest BCUT2D eigenvalue weighted by Gasteiger charge is 2.32. The average Bonchev–Trinajstić information content (AvgIpc) is 3.38. The van der Waals surface area contributed by atoms with E-state index >= 15 is 0 Å². The van der Waals surface area contributed by atoms with E-state index in [1.165, 1.54) is 30.9 Å². The van der Waals surface area contributed by atoms with Crippen molar-refractivity contribution < 1.29 is 32.2 Å². The summed E-state index contributed by atoms with van der Waals surface area (Å²) in [6.07, 6.45) is -1.82. The van der Waals surface area contributed by atoms with Crippen LogP contribution in [0.3, 0.4) is 0 Å². The molecule has 1 heterocycles. The minimum Gasteiger partial charge on any atom is -0.453 e. The Morgan fingerprint density at radius 3 is 2.62 bits per heavy atom. The minimum absolute atomic E-state index is 0.0842. The summed E-state index contributed by atoms with van der Waals surface area (Å²) in [6.45, 7) is 9.88. The first-order valence-electron chi connectivity index (χ1n) is 14.7. The molecule has 14 heteroatoms. The van der Waals surface area contributed by atoms with Gasteiger partial charge in [0.25, 0.3) is 6.36 Å². The van der Waals surface area contributed by atoms with Gasteiger partial charge in [-0.25, -0.2) is 23.6 Å². The topological polar surface area (TPSA) is 131 Å². The van der Waals surface area contributed by atoms with Crippen molar-refractivity contribution >= 4 is 58.1 Å². The van der Waals surface area contributed by atoms with Gasteiger partial charge in [-0.1, -0.05) is 30.5 Å². The standard InChI is InChI=1S/C34H35F3N6O4S/c1-19(2)31(37)47-29-11-9-25(14-26(29)36)39-18-40-32(38)23-8-10-27(21(4)13-23)41-33(45)42-34-43(30(44)17-48-34)28-12-20(3)6-7-24(28)16-46-15-22(5)35/h6-14,18,22,31H,1,15-17H2,2-5H3,(H,41,45)(H2,38,39,40)/b42-34-. The highest BCUT2D eigenvalue weighted by atomic mass is 32.2. The van der Waals surface area contributed by atoms with Gasteiger partial charge in [0.15, 0.2) is 16.7 Å². The Morgan fingerprint density at radius 1 is 1.17 bits per heavy atom. The summed E-state index contributed by atoms with van der Waals surface area (Å²) in [6, 6.07) is 13.5. The third-order valence-electron chi connectivity index (χ3n) is 6.75. The van der Waals surface area contributed by atoms with Gasteiger partial charge in [-0.3, -0.25) is 9.69 Å². The molecule has 0 aromatic heterocycles. The molecule has 3 aromatic rings. The Bertz CT molecular complexity index is 1800. The lowest BCUT2D eigenvalue weighted by Gasteiger charge is -2.20. The summed E-state index contributed by atoms with van der Waals surface area (Å²) < 4.78 is 51.6. The van der Waals surface area contributed by atoms with Crippen molar-refractivity contribution in [1.29, 1.82) is 0 Å². The van der Waals surface area contributed by atoms with E-state index in [-0.39, 0.29) is 52.9 Å². The number of aliphatic imine (C=N–C) groups is 3. The van der Waals surface area contributed by atoms with Crippen LogP contribution < -0.4 is 20.7 Å². The molecule has 0 radical (unpaired) electrons. The fourth-order valence-corrected chi connectivity index (χ4v) is 5.18. The number of nitrogens with two attached hydrogens (primary N) is 1. The molecule has 3 amide bonds. The fraction of sp³-hybridized carbons (Fsp3) is 0.265. The number of aryl methyl sites for hydroxylation is 2. The first-order valence-corrected chi connectivity index (χ1v) is 15.7. The zero-order valence-electron chi connectivity index (χ0n) is 26.8. The Balaban J connectivity index is 1.44. The number of alkyl halides is 2. The number of hydrogen-bond acceptors (Lipinski definition) is 6. The second kappa shape index (κ2) is 16.2. The molecular weight excluding hydrogens is 645 g/mol. The number of hydrogen-bond donors (Lipinski definition) is 2. The third-order valence-corrected chi connectivity index (χ3v) is 7.67. The van der Waals surface area contributed by atoms with Gasteiger partial charge < -0.3 is 20.5 Å². The van der Waals surface area contributed by atoms with Crippen molar-refractivity contribution in [2.24, 2.45) is 20.7 Å². The van der Waals surface area contributed by atoms with Crippen LogP contribution in [-0.4, -0.2) is 54.2 Å². The lowest BCUT2D eigenvalue weighted by molar-refractivity contribution is -0.115. The summed E-state index contributed by atoms with van der Waals surface area (Å²) in [5.74, 6) is -1.12. The number of urea groups is 1. The molecule has 1 saturated heterocycles. The van der Waals surface area contributed by atoms with E-state index in [0.717, 1.165) is 29.7 Å². The van der Waals surface area contributed by atoms with Crippen molar-refractivity contribution in [2.75, 3.05) is 22.6 Å². The number of thioether (sulfide) groups is 1. The third kappa shape index (κ3) is 9.55. The number of carbonyl (C=O) groups excluding carboxylic acids is 2. The van der Waals surface area contributed by atoms with Crippen molar-refractivity contribution in [3.8, 4) is 5.75 Å². The number of ether oxygens (including phenoxy) is 2. The first kappa shape index (κ1) is 35.9. The molecule has 252 valence electrons. The van der Waals surface area contributed by atoms with Gasteiger partial charge in [-0.15, -0.1) is 0 Å². The molecule has 3 N–H and O–H groups in total. The second-order valence-corrected chi connectivity index (χ2v) is 11.9. The van der Waals surface area contributed by atoms with Gasteiger partial charge in [-0.2, -0.15) is 9.38 Å². The number of amides is 3. The molecule has 2 unspecified atom stereocenters. The van der Waals surface area contributed by atoms with E-state index < -0.39 is 24.4 Å². The molecule has 0 bridgehead atoms. The van der Waals surface area contributed by atoms with Crippen LogP contribution in [0.1, 0.15) is 36.1 Å². The van der Waals surface area contributed by atoms with Crippen LogP contribution in [0.25, 0.3) is 0 Å². The molecule has 0 aliphatic carbocycles. The Hall–Kier alpha value is -4.95. The molecular formula is C34H35F3N6O4S. The van der Waals surface area contributed by atoms with E-state index in [9.17, 15) is 22.8 Å². The maximum Gasteiger partial charge on any atom is 0.347 e. The Morgan fingerprint density at radius 2 is 1.94 bits per heavy atom. The SMILES string of the molecule is C=C(C)C(F)Oc1ccc(N=CN=C(N)c2ccc(NC(=O)/N=C3\SCC(=O)N3c3cc(C)ccc3COCC(C)F)c(C)c2)cc1F. The summed E-state index contributed by atoms with van der Waals surface area (Å²) in [7, 11) is 0. The maximum atomic E-state index is 14.3. The zero-order chi connectivity index (χ0) is 35.0. The molecule has 4 rings (SSSR count). The molecule has 48 heavy (non-hydrogen) atoms. The molecule has 0 saturated carbocycles. The van der Waals surface area contributed by atoms with Crippen LogP contribution in [0.2, 0.25) is 0 Å². The number of nitrogens with one attached hydrogen (secondary N) is 1. The number of nitrogens with zero attached hydrogens (tertiary/aromatic N) is 4. The number of halogens is 3. The normalized spacial score (nSPS) is 15.6. The van der Waals surface area contributed by atoms with Gasteiger partial charge in [0, 0.05) is 22.9 Å². The summed E-state index contributed by atoms with van der Waals surface area (Å²) >= 11 is 1.13. The Labute approximate surface area is 280 Å². The van der Waals surface area contributed by atoms with Gasteiger partial charge in [0.1, 0.15) is 18.3 Å². The number of anilines is 2. The van der Waals surface area contributed by atoms with Crippen molar-refractivity contribution in [1.82, 2.24) is 0 Å². The molecule has 3 aromatic carbocycles. The van der Waals surface area contributed by atoms with Crippen molar-refractivity contribution in [3.05, 3.63) is 94.8 Å².